The first-order valence-corrected chi connectivity index (χ1v) is 12.3. The number of anilines is 1. The molecule has 0 saturated carbocycles. The molecule has 0 amide bonds. The highest BCUT2D eigenvalue weighted by atomic mass is 32.1. The molecule has 182 valence electrons. The Morgan fingerprint density at radius 1 is 1.00 bits per heavy atom. The van der Waals surface area contributed by atoms with E-state index in [1.165, 1.54) is 5.56 Å². The lowest BCUT2D eigenvalue weighted by Crippen LogP contribution is -2.29. The molecule has 1 aliphatic heterocycles. The SMILES string of the molecule is Cc1ccc(N2C(=S)N[C@H](c3ccccn3)[C@@H]2c2cc(C)n(-c3cc(C(=O)O)ccc3C)c2C)cc1. The van der Waals surface area contributed by atoms with E-state index in [-0.39, 0.29) is 17.6 Å². The Kier molecular flexibility index (Phi) is 6.10. The van der Waals surface area contributed by atoms with Crippen molar-refractivity contribution in [3.63, 3.8) is 0 Å². The van der Waals surface area contributed by atoms with E-state index in [0.717, 1.165) is 39.6 Å². The molecular formula is C29H28N4O2S. The van der Waals surface area contributed by atoms with E-state index in [2.05, 4.69) is 70.9 Å². The number of nitrogens with one attached hydrogen (secondary N) is 1. The molecule has 1 saturated heterocycles. The summed E-state index contributed by atoms with van der Waals surface area (Å²) in [7, 11) is 0. The molecule has 0 spiro atoms. The van der Waals surface area contributed by atoms with Crippen molar-refractivity contribution in [3.05, 3.63) is 112 Å². The normalized spacial score (nSPS) is 17.3. The van der Waals surface area contributed by atoms with E-state index >= 15 is 0 Å². The third-order valence-corrected chi connectivity index (χ3v) is 7.21. The van der Waals surface area contributed by atoms with Gasteiger partial charge in [0.05, 0.1) is 23.3 Å². The average molecular weight is 497 g/mol. The van der Waals surface area contributed by atoms with E-state index in [9.17, 15) is 9.90 Å². The van der Waals surface area contributed by atoms with E-state index in [0.29, 0.717) is 5.11 Å². The Bertz CT molecular complexity index is 1460. The van der Waals surface area contributed by atoms with Gasteiger partial charge in [-0.05, 0) is 93.5 Å². The van der Waals surface area contributed by atoms with Crippen LogP contribution in [-0.2, 0) is 0 Å². The molecule has 6 nitrogen and oxygen atoms in total. The van der Waals surface area contributed by atoms with Gasteiger partial charge in [-0.3, -0.25) is 4.98 Å². The Morgan fingerprint density at radius 3 is 2.42 bits per heavy atom. The Balaban J connectivity index is 1.69. The van der Waals surface area contributed by atoms with Crippen molar-refractivity contribution >= 4 is 29.0 Å². The van der Waals surface area contributed by atoms with Crippen molar-refractivity contribution in [2.24, 2.45) is 0 Å². The standard InChI is InChI=1S/C29H28N4O2S/c1-17-8-12-22(13-9-17)33-27(26(31-29(33)36)24-7-5-6-14-30-24)23-15-19(3)32(20(23)4)25-16-21(28(34)35)11-10-18(25)2/h5-16,26-27H,1-4H3,(H,31,36)(H,34,35)/t26-,27+/m1/s1. The number of carboxylic acids is 1. The summed E-state index contributed by atoms with van der Waals surface area (Å²) in [5.74, 6) is -0.940. The minimum absolute atomic E-state index is 0.141. The number of pyridine rings is 1. The van der Waals surface area contributed by atoms with Gasteiger partial charge in [-0.15, -0.1) is 0 Å². The third kappa shape index (κ3) is 4.05. The van der Waals surface area contributed by atoms with Gasteiger partial charge in [-0.1, -0.05) is 29.8 Å². The highest BCUT2D eigenvalue weighted by Crippen LogP contribution is 2.44. The summed E-state index contributed by atoms with van der Waals surface area (Å²) in [5, 5.41) is 13.8. The maximum Gasteiger partial charge on any atom is 0.335 e. The summed E-state index contributed by atoms with van der Waals surface area (Å²) < 4.78 is 2.14. The topological polar surface area (TPSA) is 70.4 Å². The summed E-state index contributed by atoms with van der Waals surface area (Å²) in [5.41, 5.74) is 8.40. The van der Waals surface area contributed by atoms with Crippen LogP contribution in [0.3, 0.4) is 0 Å². The summed E-state index contributed by atoms with van der Waals surface area (Å²) >= 11 is 5.87. The number of carboxylic acid groups (broad SMARTS) is 1. The van der Waals surface area contributed by atoms with Gasteiger partial charge in [0.1, 0.15) is 0 Å². The van der Waals surface area contributed by atoms with E-state index in [4.69, 9.17) is 12.2 Å². The van der Waals surface area contributed by atoms with Crippen LogP contribution >= 0.6 is 12.2 Å². The van der Waals surface area contributed by atoms with Crippen LogP contribution in [0.25, 0.3) is 5.69 Å². The van der Waals surface area contributed by atoms with Gasteiger partial charge in [0.15, 0.2) is 5.11 Å². The zero-order valence-electron chi connectivity index (χ0n) is 20.7. The lowest BCUT2D eigenvalue weighted by atomic mass is 9.96. The van der Waals surface area contributed by atoms with Crippen LogP contribution in [0.5, 0.6) is 0 Å². The Hall–Kier alpha value is -3.97. The van der Waals surface area contributed by atoms with Crippen molar-refractivity contribution in [2.45, 2.75) is 39.8 Å². The predicted octanol–water partition coefficient (Wildman–Crippen LogP) is 5.98. The molecule has 2 aromatic heterocycles. The minimum atomic E-state index is -0.940. The van der Waals surface area contributed by atoms with Gasteiger partial charge in [0.2, 0.25) is 0 Å². The zero-order chi connectivity index (χ0) is 25.6. The number of aryl methyl sites for hydroxylation is 3. The van der Waals surface area contributed by atoms with Crippen LogP contribution < -0.4 is 10.2 Å². The fourth-order valence-electron chi connectivity index (χ4n) is 5.10. The van der Waals surface area contributed by atoms with Gasteiger partial charge in [-0.25, -0.2) is 4.79 Å². The van der Waals surface area contributed by atoms with Gasteiger partial charge in [0.25, 0.3) is 0 Å². The van der Waals surface area contributed by atoms with Gasteiger partial charge in [0, 0.05) is 29.0 Å². The van der Waals surface area contributed by atoms with Crippen LogP contribution in [0.15, 0.2) is 72.9 Å². The fraction of sp³-hybridized carbons (Fsp3) is 0.207. The predicted molar refractivity (Wildman–Crippen MR) is 146 cm³/mol. The largest absolute Gasteiger partial charge is 0.478 e. The summed E-state index contributed by atoms with van der Waals surface area (Å²) in [6, 6.07) is 21.4. The lowest BCUT2D eigenvalue weighted by Gasteiger charge is -2.28. The number of carbonyl (C=O) groups is 1. The maximum absolute atomic E-state index is 11.7. The monoisotopic (exact) mass is 496 g/mol. The minimum Gasteiger partial charge on any atom is -0.478 e. The number of benzene rings is 2. The molecule has 2 N–H and O–H groups in total. The first-order valence-electron chi connectivity index (χ1n) is 11.9. The van der Waals surface area contributed by atoms with Crippen LogP contribution in [-0.4, -0.2) is 25.7 Å². The smallest absolute Gasteiger partial charge is 0.335 e. The van der Waals surface area contributed by atoms with Crippen LogP contribution in [0, 0.1) is 27.7 Å². The first kappa shape index (κ1) is 23.8. The lowest BCUT2D eigenvalue weighted by molar-refractivity contribution is 0.0697. The molecule has 3 heterocycles. The second-order valence-electron chi connectivity index (χ2n) is 9.30. The average Bonchev–Trinajstić information content (AvgIpc) is 3.35. The Labute approximate surface area is 216 Å². The van der Waals surface area contributed by atoms with E-state index in [1.54, 1.807) is 18.3 Å². The number of hydrogen-bond acceptors (Lipinski definition) is 3. The Morgan fingerprint density at radius 2 is 1.75 bits per heavy atom. The molecule has 0 aliphatic carbocycles. The van der Waals surface area contributed by atoms with Crippen molar-refractivity contribution in [1.82, 2.24) is 14.9 Å². The molecule has 7 heteroatoms. The van der Waals surface area contributed by atoms with E-state index in [1.807, 2.05) is 31.2 Å². The highest BCUT2D eigenvalue weighted by molar-refractivity contribution is 7.80. The van der Waals surface area contributed by atoms with Gasteiger partial charge in [-0.2, -0.15) is 0 Å². The molecule has 5 rings (SSSR count). The van der Waals surface area contributed by atoms with Crippen molar-refractivity contribution < 1.29 is 9.90 Å². The second kappa shape index (κ2) is 9.24. The second-order valence-corrected chi connectivity index (χ2v) is 9.69. The number of thiocarbonyl (C=S) groups is 1. The zero-order valence-corrected chi connectivity index (χ0v) is 21.5. The highest BCUT2D eigenvalue weighted by Gasteiger charge is 2.42. The molecule has 0 bridgehead atoms. The quantitative estimate of drug-likeness (QED) is 0.331. The first-order chi connectivity index (χ1) is 17.3. The molecule has 0 unspecified atom stereocenters. The summed E-state index contributed by atoms with van der Waals surface area (Å²) in [6.07, 6.45) is 1.80. The van der Waals surface area contributed by atoms with Crippen LogP contribution in [0.4, 0.5) is 5.69 Å². The molecular weight excluding hydrogens is 468 g/mol. The summed E-state index contributed by atoms with van der Waals surface area (Å²) in [4.78, 5) is 18.5. The molecule has 2 atom stereocenters. The number of aromatic nitrogens is 2. The molecule has 1 fully saturated rings. The molecule has 36 heavy (non-hydrogen) atoms. The number of rotatable bonds is 5. The van der Waals surface area contributed by atoms with Gasteiger partial charge >= 0.3 is 5.97 Å². The fourth-order valence-corrected chi connectivity index (χ4v) is 5.44. The van der Waals surface area contributed by atoms with Crippen molar-refractivity contribution in [1.29, 1.82) is 0 Å². The van der Waals surface area contributed by atoms with Crippen molar-refractivity contribution in [2.75, 3.05) is 4.90 Å². The molecule has 2 aromatic carbocycles. The van der Waals surface area contributed by atoms with Gasteiger partial charge < -0.3 is 19.9 Å². The summed E-state index contributed by atoms with van der Waals surface area (Å²) in [6.45, 7) is 8.20. The molecule has 0 radical (unpaired) electrons. The number of hydrogen-bond donors (Lipinski definition) is 2. The molecule has 4 aromatic rings. The van der Waals surface area contributed by atoms with Crippen LogP contribution in [0.2, 0.25) is 0 Å². The van der Waals surface area contributed by atoms with Crippen LogP contribution in [0.1, 0.15) is 56.2 Å². The maximum atomic E-state index is 11.7. The van der Waals surface area contributed by atoms with E-state index < -0.39 is 5.97 Å². The number of aromatic carboxylic acids is 1. The number of nitrogens with zero attached hydrogens (tertiary/aromatic N) is 3. The third-order valence-electron chi connectivity index (χ3n) is 6.90. The van der Waals surface area contributed by atoms with Crippen molar-refractivity contribution in [3.8, 4) is 5.69 Å². The molecule has 1 aliphatic rings.